The van der Waals surface area contributed by atoms with Gasteiger partial charge < -0.3 is 15.1 Å². The molecular weight excluding hydrogens is 358 g/mol. The lowest BCUT2D eigenvalue weighted by Gasteiger charge is -2.28. The molecule has 2 aliphatic rings. The Labute approximate surface area is 163 Å². The van der Waals surface area contributed by atoms with Gasteiger partial charge in [0.2, 0.25) is 6.10 Å². The van der Waals surface area contributed by atoms with E-state index in [0.717, 1.165) is 29.9 Å². The maximum Gasteiger partial charge on any atom is 0.264 e. The van der Waals surface area contributed by atoms with Crippen LogP contribution in [-0.4, -0.2) is 42.3 Å². The monoisotopic (exact) mass is 381 g/mol. The van der Waals surface area contributed by atoms with Crippen LogP contribution in [0.4, 0.5) is 5.69 Å². The Hall–Kier alpha value is -2.47. The first-order chi connectivity index (χ1) is 13.3. The van der Waals surface area contributed by atoms with Crippen molar-refractivity contribution in [3.8, 4) is 0 Å². The lowest BCUT2D eigenvalue weighted by Crippen LogP contribution is -2.34. The van der Waals surface area contributed by atoms with Gasteiger partial charge in [-0.25, -0.2) is 0 Å². The third-order valence-electron chi connectivity index (χ3n) is 4.85. The van der Waals surface area contributed by atoms with E-state index in [4.69, 9.17) is 4.84 Å². The smallest absolute Gasteiger partial charge is 0.264 e. The molecule has 0 aliphatic carbocycles. The maximum atomic E-state index is 12.4. The molecule has 5 nitrogen and oxygen atoms in total. The molecule has 2 heterocycles. The Morgan fingerprint density at radius 2 is 1.85 bits per heavy atom. The van der Waals surface area contributed by atoms with Gasteiger partial charge >= 0.3 is 0 Å². The van der Waals surface area contributed by atoms with E-state index in [1.165, 1.54) is 17.2 Å². The molecule has 1 fully saturated rings. The Bertz CT molecular complexity index is 802. The van der Waals surface area contributed by atoms with Gasteiger partial charge in [0, 0.05) is 43.2 Å². The fourth-order valence-electron chi connectivity index (χ4n) is 3.27. The number of rotatable bonds is 5. The Morgan fingerprint density at radius 1 is 1.11 bits per heavy atom. The quantitative estimate of drug-likeness (QED) is 0.865. The number of oxime groups is 1. The molecule has 2 aliphatic heterocycles. The molecule has 2 aromatic carbocycles. The molecule has 0 spiro atoms. The molecule has 6 heteroatoms. The van der Waals surface area contributed by atoms with Crippen molar-refractivity contribution in [2.45, 2.75) is 19.1 Å². The van der Waals surface area contributed by atoms with Gasteiger partial charge in [0.1, 0.15) is 0 Å². The number of benzene rings is 2. The average Bonchev–Trinajstić information content (AvgIpc) is 3.24. The lowest BCUT2D eigenvalue weighted by molar-refractivity contribution is -0.131. The number of thioether (sulfide) groups is 1. The van der Waals surface area contributed by atoms with Gasteiger partial charge in [-0.3, -0.25) is 4.79 Å². The van der Waals surface area contributed by atoms with Crippen molar-refractivity contribution in [2.24, 2.45) is 5.16 Å². The fraction of sp³-hybridized carbons (Fsp3) is 0.333. The highest BCUT2D eigenvalue weighted by atomic mass is 32.2. The summed E-state index contributed by atoms with van der Waals surface area (Å²) in [5, 5.41) is 7.03. The van der Waals surface area contributed by atoms with Crippen molar-refractivity contribution in [1.82, 2.24) is 5.32 Å². The summed E-state index contributed by atoms with van der Waals surface area (Å²) in [6.45, 7) is 2.70. The van der Waals surface area contributed by atoms with Crippen LogP contribution in [0.5, 0.6) is 0 Å². The van der Waals surface area contributed by atoms with E-state index in [2.05, 4.69) is 39.6 Å². The van der Waals surface area contributed by atoms with Gasteiger partial charge in [0.25, 0.3) is 5.91 Å². The number of nitrogens with zero attached hydrogens (tertiary/aromatic N) is 2. The Morgan fingerprint density at radius 3 is 2.59 bits per heavy atom. The first-order valence-electron chi connectivity index (χ1n) is 9.27. The summed E-state index contributed by atoms with van der Waals surface area (Å²) in [5.74, 6) is 2.25. The van der Waals surface area contributed by atoms with Crippen molar-refractivity contribution in [1.29, 1.82) is 0 Å². The van der Waals surface area contributed by atoms with Crippen molar-refractivity contribution in [3.63, 3.8) is 0 Å². The number of hydrogen-bond donors (Lipinski definition) is 1. The van der Waals surface area contributed by atoms with E-state index >= 15 is 0 Å². The lowest BCUT2D eigenvalue weighted by atomic mass is 10.0. The number of hydrogen-bond acceptors (Lipinski definition) is 5. The van der Waals surface area contributed by atoms with Crippen LogP contribution in [0.1, 0.15) is 17.5 Å². The van der Waals surface area contributed by atoms with Crippen LogP contribution in [0.3, 0.4) is 0 Å². The molecule has 1 N–H and O–H groups in total. The molecule has 0 radical (unpaired) electrons. The second-order valence-electron chi connectivity index (χ2n) is 6.69. The van der Waals surface area contributed by atoms with E-state index in [1.54, 1.807) is 0 Å². The zero-order valence-electron chi connectivity index (χ0n) is 15.1. The summed E-state index contributed by atoms with van der Waals surface area (Å²) in [6, 6.07) is 18.3. The highest BCUT2D eigenvalue weighted by Crippen LogP contribution is 2.20. The standard InChI is InChI=1S/C21H23N3O2S/c25-21(20-14-19(23-26-20)17-4-2-1-3-5-17)22-15-16-6-8-18(9-7-16)24-10-12-27-13-11-24/h1-9,20H,10-15H2,(H,22,25)/t20-/m1/s1. The molecule has 1 saturated heterocycles. The zero-order chi connectivity index (χ0) is 18.5. The highest BCUT2D eigenvalue weighted by Gasteiger charge is 2.28. The van der Waals surface area contributed by atoms with Crippen molar-refractivity contribution < 1.29 is 9.63 Å². The molecule has 27 heavy (non-hydrogen) atoms. The SMILES string of the molecule is O=C(NCc1ccc(N2CCSCC2)cc1)[C@H]1CC(c2ccccc2)=NO1. The van der Waals surface area contributed by atoms with E-state index in [1.807, 2.05) is 42.1 Å². The van der Waals surface area contributed by atoms with Crippen LogP contribution >= 0.6 is 11.8 Å². The van der Waals surface area contributed by atoms with Crippen LogP contribution in [0.15, 0.2) is 59.8 Å². The van der Waals surface area contributed by atoms with Crippen molar-refractivity contribution >= 4 is 29.1 Å². The van der Waals surface area contributed by atoms with Gasteiger partial charge in [-0.2, -0.15) is 11.8 Å². The minimum Gasteiger partial charge on any atom is -0.382 e. The molecule has 0 unspecified atom stereocenters. The summed E-state index contributed by atoms with van der Waals surface area (Å²) >= 11 is 2.01. The Kier molecular flexibility index (Phi) is 5.63. The highest BCUT2D eigenvalue weighted by molar-refractivity contribution is 7.99. The van der Waals surface area contributed by atoms with Crippen molar-refractivity contribution in [3.05, 3.63) is 65.7 Å². The predicted octanol–water partition coefficient (Wildman–Crippen LogP) is 3.05. The summed E-state index contributed by atoms with van der Waals surface area (Å²) in [6.07, 6.45) is -0.0489. The third-order valence-corrected chi connectivity index (χ3v) is 5.79. The van der Waals surface area contributed by atoms with Gasteiger partial charge in [-0.1, -0.05) is 47.6 Å². The van der Waals surface area contributed by atoms with E-state index in [9.17, 15) is 4.79 Å². The van der Waals surface area contributed by atoms with Gasteiger partial charge in [-0.15, -0.1) is 0 Å². The van der Waals surface area contributed by atoms with Crippen LogP contribution in [0.2, 0.25) is 0 Å². The van der Waals surface area contributed by atoms with E-state index < -0.39 is 6.10 Å². The molecular formula is C21H23N3O2S. The molecule has 1 atom stereocenters. The first kappa shape index (κ1) is 17.9. The summed E-state index contributed by atoms with van der Waals surface area (Å²) < 4.78 is 0. The second-order valence-corrected chi connectivity index (χ2v) is 7.91. The van der Waals surface area contributed by atoms with Gasteiger partial charge in [0.05, 0.1) is 5.71 Å². The van der Waals surface area contributed by atoms with Crippen LogP contribution < -0.4 is 10.2 Å². The molecule has 0 bridgehead atoms. The van der Waals surface area contributed by atoms with E-state index in [0.29, 0.717) is 13.0 Å². The minimum absolute atomic E-state index is 0.123. The average molecular weight is 382 g/mol. The van der Waals surface area contributed by atoms with Crippen LogP contribution in [0, 0.1) is 0 Å². The van der Waals surface area contributed by atoms with Crippen molar-refractivity contribution in [2.75, 3.05) is 29.5 Å². The minimum atomic E-state index is -0.551. The third kappa shape index (κ3) is 4.45. The summed E-state index contributed by atoms with van der Waals surface area (Å²) in [7, 11) is 0. The van der Waals surface area contributed by atoms with Crippen LogP contribution in [-0.2, 0) is 16.2 Å². The zero-order valence-corrected chi connectivity index (χ0v) is 16.0. The largest absolute Gasteiger partial charge is 0.382 e. The molecule has 0 saturated carbocycles. The maximum absolute atomic E-state index is 12.4. The second kappa shape index (κ2) is 8.48. The molecule has 1 amide bonds. The fourth-order valence-corrected chi connectivity index (χ4v) is 4.17. The molecule has 2 aromatic rings. The summed E-state index contributed by atoms with van der Waals surface area (Å²) in [4.78, 5) is 20.1. The van der Waals surface area contributed by atoms with Crippen LogP contribution in [0.25, 0.3) is 0 Å². The number of carbonyl (C=O) groups excluding carboxylic acids is 1. The number of anilines is 1. The normalized spacial score (nSPS) is 19.3. The number of carbonyl (C=O) groups is 1. The number of nitrogens with one attached hydrogen (secondary N) is 1. The van der Waals surface area contributed by atoms with Gasteiger partial charge in [-0.05, 0) is 23.3 Å². The topological polar surface area (TPSA) is 53.9 Å². The first-order valence-corrected chi connectivity index (χ1v) is 10.4. The molecule has 140 valence electrons. The predicted molar refractivity (Wildman–Crippen MR) is 110 cm³/mol. The molecule has 0 aromatic heterocycles. The summed E-state index contributed by atoms with van der Waals surface area (Å²) in [5.41, 5.74) is 4.16. The number of amides is 1. The molecule has 4 rings (SSSR count). The Balaban J connectivity index is 1.27. The van der Waals surface area contributed by atoms with E-state index in [-0.39, 0.29) is 5.91 Å². The van der Waals surface area contributed by atoms with Gasteiger partial charge in [0.15, 0.2) is 0 Å².